The highest BCUT2D eigenvalue weighted by atomic mass is 35.5. The van der Waals surface area contributed by atoms with E-state index in [9.17, 15) is 14.4 Å². The summed E-state index contributed by atoms with van der Waals surface area (Å²) >= 11 is 5.43. The van der Waals surface area contributed by atoms with Crippen molar-refractivity contribution in [2.24, 2.45) is 0 Å². The molecule has 4 amide bonds. The van der Waals surface area contributed by atoms with Crippen LogP contribution in [0.3, 0.4) is 0 Å². The zero-order chi connectivity index (χ0) is 15.1. The Morgan fingerprint density at radius 2 is 2.10 bits per heavy atom. The van der Waals surface area contributed by atoms with Crippen molar-refractivity contribution >= 4 is 29.4 Å². The molecule has 8 heteroatoms. The number of hydrogen-bond donors (Lipinski definition) is 2. The van der Waals surface area contributed by atoms with Gasteiger partial charge in [-0.05, 0) is 13.8 Å². The molecule has 1 fully saturated rings. The highest BCUT2D eigenvalue weighted by Gasteiger charge is 2.33. The van der Waals surface area contributed by atoms with E-state index in [0.29, 0.717) is 6.61 Å². The van der Waals surface area contributed by atoms with Crippen molar-refractivity contribution in [3.63, 3.8) is 0 Å². The van der Waals surface area contributed by atoms with Gasteiger partial charge in [-0.25, -0.2) is 4.79 Å². The summed E-state index contributed by atoms with van der Waals surface area (Å²) in [5.41, 5.74) is 0. The topological polar surface area (TPSA) is 87.7 Å². The van der Waals surface area contributed by atoms with Gasteiger partial charge >= 0.3 is 6.03 Å². The number of ether oxygens (including phenoxy) is 1. The highest BCUT2D eigenvalue weighted by Crippen LogP contribution is 2.08. The summed E-state index contributed by atoms with van der Waals surface area (Å²) in [6.07, 6.45) is 0.0560. The average Bonchev–Trinajstić information content (AvgIpc) is 2.38. The van der Waals surface area contributed by atoms with E-state index in [2.05, 4.69) is 10.6 Å². The Bertz CT molecular complexity index is 376. The number of nitrogens with zero attached hydrogens (tertiary/aromatic N) is 1. The fraction of sp³-hybridized carbons (Fsp3) is 0.750. The van der Waals surface area contributed by atoms with Crippen LogP contribution in [0.1, 0.15) is 20.3 Å². The Balaban J connectivity index is 2.65. The molecule has 1 rings (SSSR count). The number of halogens is 1. The largest absolute Gasteiger partial charge is 0.377 e. The lowest BCUT2D eigenvalue weighted by Gasteiger charge is -2.34. The SMILES string of the molecule is CC(C)NC(=O)C1COCCN1C(=O)NC(=O)CCCl. The molecular weight excluding hydrogens is 286 g/mol. The van der Waals surface area contributed by atoms with Crippen LogP contribution in [0.15, 0.2) is 0 Å². The molecule has 0 radical (unpaired) electrons. The van der Waals surface area contributed by atoms with Crippen LogP contribution in [-0.2, 0) is 14.3 Å². The Kier molecular flexibility index (Phi) is 6.74. The van der Waals surface area contributed by atoms with Crippen LogP contribution in [0, 0.1) is 0 Å². The van der Waals surface area contributed by atoms with E-state index in [4.69, 9.17) is 16.3 Å². The van der Waals surface area contributed by atoms with Gasteiger partial charge in [-0.2, -0.15) is 0 Å². The number of imide groups is 1. The first-order chi connectivity index (χ1) is 9.45. The van der Waals surface area contributed by atoms with Gasteiger partial charge in [0.25, 0.3) is 0 Å². The Labute approximate surface area is 123 Å². The molecule has 20 heavy (non-hydrogen) atoms. The molecule has 0 aromatic carbocycles. The molecule has 1 aliphatic rings. The molecule has 1 heterocycles. The molecular formula is C12H20ClN3O4. The molecule has 7 nitrogen and oxygen atoms in total. The average molecular weight is 306 g/mol. The van der Waals surface area contributed by atoms with Crippen LogP contribution in [0.2, 0.25) is 0 Å². The van der Waals surface area contributed by atoms with Gasteiger partial charge in [0.05, 0.1) is 13.2 Å². The van der Waals surface area contributed by atoms with Gasteiger partial charge in [-0.3, -0.25) is 14.9 Å². The molecule has 0 aromatic heterocycles. The number of alkyl halides is 1. The second-order valence-corrected chi connectivity index (χ2v) is 5.12. The molecule has 2 N–H and O–H groups in total. The van der Waals surface area contributed by atoms with Crippen molar-refractivity contribution in [1.29, 1.82) is 0 Å². The van der Waals surface area contributed by atoms with Crippen molar-refractivity contribution in [3.8, 4) is 0 Å². The van der Waals surface area contributed by atoms with E-state index in [-0.39, 0.29) is 37.4 Å². The predicted molar refractivity (Wildman–Crippen MR) is 73.5 cm³/mol. The summed E-state index contributed by atoms with van der Waals surface area (Å²) in [6, 6.07) is -1.35. The highest BCUT2D eigenvalue weighted by molar-refractivity contribution is 6.19. The lowest BCUT2D eigenvalue weighted by atomic mass is 10.2. The summed E-state index contributed by atoms with van der Waals surface area (Å²) in [6.45, 7) is 4.38. The summed E-state index contributed by atoms with van der Waals surface area (Å²) in [7, 11) is 0. The zero-order valence-electron chi connectivity index (χ0n) is 11.6. The lowest BCUT2D eigenvalue weighted by Crippen LogP contribution is -2.59. The van der Waals surface area contributed by atoms with Crippen molar-refractivity contribution in [2.45, 2.75) is 32.4 Å². The van der Waals surface area contributed by atoms with E-state index >= 15 is 0 Å². The van der Waals surface area contributed by atoms with Crippen LogP contribution in [0.4, 0.5) is 4.79 Å². The van der Waals surface area contributed by atoms with Gasteiger partial charge in [0.2, 0.25) is 11.8 Å². The van der Waals surface area contributed by atoms with Gasteiger partial charge in [0.1, 0.15) is 6.04 Å². The summed E-state index contributed by atoms with van der Waals surface area (Å²) in [5, 5.41) is 4.95. The minimum Gasteiger partial charge on any atom is -0.377 e. The minimum atomic E-state index is -0.727. The summed E-state index contributed by atoms with van der Waals surface area (Å²) in [5.74, 6) is -0.612. The molecule has 0 aliphatic carbocycles. The van der Waals surface area contributed by atoms with Crippen molar-refractivity contribution in [3.05, 3.63) is 0 Å². The monoisotopic (exact) mass is 305 g/mol. The van der Waals surface area contributed by atoms with Gasteiger partial charge in [0.15, 0.2) is 0 Å². The maximum Gasteiger partial charge on any atom is 0.324 e. The van der Waals surface area contributed by atoms with E-state index in [1.54, 1.807) is 0 Å². The molecule has 1 unspecified atom stereocenters. The maximum atomic E-state index is 12.0. The number of carbonyl (C=O) groups excluding carboxylic acids is 3. The molecule has 1 saturated heterocycles. The second kappa shape index (κ2) is 8.06. The zero-order valence-corrected chi connectivity index (χ0v) is 12.4. The Morgan fingerprint density at radius 1 is 1.40 bits per heavy atom. The molecule has 1 aliphatic heterocycles. The third-order valence-electron chi connectivity index (χ3n) is 2.69. The third kappa shape index (κ3) is 4.97. The minimum absolute atomic E-state index is 0.0350. The fourth-order valence-corrected chi connectivity index (χ4v) is 1.96. The number of hydrogen-bond acceptors (Lipinski definition) is 4. The Morgan fingerprint density at radius 3 is 2.70 bits per heavy atom. The molecule has 114 valence electrons. The smallest absolute Gasteiger partial charge is 0.324 e. The molecule has 0 bridgehead atoms. The second-order valence-electron chi connectivity index (χ2n) is 4.74. The third-order valence-corrected chi connectivity index (χ3v) is 2.88. The molecule has 0 aromatic rings. The molecule has 0 spiro atoms. The summed E-state index contributed by atoms with van der Waals surface area (Å²) in [4.78, 5) is 36.7. The number of urea groups is 1. The van der Waals surface area contributed by atoms with Crippen molar-refractivity contribution in [1.82, 2.24) is 15.5 Å². The van der Waals surface area contributed by atoms with Gasteiger partial charge in [-0.15, -0.1) is 11.6 Å². The number of amides is 4. The van der Waals surface area contributed by atoms with E-state index in [1.807, 2.05) is 13.8 Å². The van der Waals surface area contributed by atoms with Gasteiger partial charge in [-0.1, -0.05) is 0 Å². The van der Waals surface area contributed by atoms with Crippen LogP contribution in [0.5, 0.6) is 0 Å². The molecule has 1 atom stereocenters. The fourth-order valence-electron chi connectivity index (χ4n) is 1.78. The van der Waals surface area contributed by atoms with Crippen LogP contribution >= 0.6 is 11.6 Å². The lowest BCUT2D eigenvalue weighted by molar-refractivity contribution is -0.131. The van der Waals surface area contributed by atoms with E-state index in [1.165, 1.54) is 4.90 Å². The summed E-state index contributed by atoms with van der Waals surface area (Å²) < 4.78 is 5.23. The number of carbonyl (C=O) groups is 3. The maximum absolute atomic E-state index is 12.0. The van der Waals surface area contributed by atoms with Gasteiger partial charge in [0, 0.05) is 24.9 Å². The van der Waals surface area contributed by atoms with Crippen LogP contribution < -0.4 is 10.6 Å². The van der Waals surface area contributed by atoms with Crippen LogP contribution in [0.25, 0.3) is 0 Å². The van der Waals surface area contributed by atoms with E-state index < -0.39 is 18.0 Å². The quantitative estimate of drug-likeness (QED) is 0.720. The number of nitrogens with one attached hydrogen (secondary N) is 2. The van der Waals surface area contributed by atoms with Crippen LogP contribution in [-0.4, -0.2) is 60.5 Å². The predicted octanol–water partition coefficient (Wildman–Crippen LogP) is 0.0769. The van der Waals surface area contributed by atoms with Crippen molar-refractivity contribution in [2.75, 3.05) is 25.6 Å². The first-order valence-corrected chi connectivity index (χ1v) is 7.03. The van der Waals surface area contributed by atoms with Crippen molar-refractivity contribution < 1.29 is 19.1 Å². The first kappa shape index (κ1) is 16.7. The molecule has 0 saturated carbocycles. The number of morpholine rings is 1. The first-order valence-electron chi connectivity index (χ1n) is 6.50. The number of rotatable bonds is 4. The standard InChI is InChI=1S/C12H20ClN3O4/c1-8(2)14-11(18)9-7-20-6-5-16(9)12(19)15-10(17)3-4-13/h8-9H,3-7H2,1-2H3,(H,14,18)(H,15,17,19). The Hall–Kier alpha value is -1.34. The van der Waals surface area contributed by atoms with E-state index in [0.717, 1.165) is 0 Å². The van der Waals surface area contributed by atoms with Gasteiger partial charge < -0.3 is 15.0 Å². The normalized spacial score (nSPS) is 18.8.